The van der Waals surface area contributed by atoms with Crippen LogP contribution < -0.4 is 10.6 Å². The lowest BCUT2D eigenvalue weighted by Gasteiger charge is -2.26. The van der Waals surface area contributed by atoms with Crippen LogP contribution in [0.15, 0.2) is 23.2 Å². The lowest BCUT2D eigenvalue weighted by Crippen LogP contribution is -2.42. The zero-order chi connectivity index (χ0) is 19.2. The van der Waals surface area contributed by atoms with E-state index in [4.69, 9.17) is 23.2 Å². The van der Waals surface area contributed by atoms with Crippen LogP contribution in [-0.4, -0.2) is 63.5 Å². The summed E-state index contributed by atoms with van der Waals surface area (Å²) in [5.41, 5.74) is 0.947. The first-order valence-corrected chi connectivity index (χ1v) is 11.3. The van der Waals surface area contributed by atoms with Crippen molar-refractivity contribution in [2.45, 2.75) is 19.9 Å². The minimum absolute atomic E-state index is 0.0299. The van der Waals surface area contributed by atoms with Crippen LogP contribution in [0, 0.1) is 0 Å². The van der Waals surface area contributed by atoms with Crippen molar-refractivity contribution in [3.8, 4) is 0 Å². The summed E-state index contributed by atoms with van der Waals surface area (Å²) in [7, 11) is -2.84. The summed E-state index contributed by atoms with van der Waals surface area (Å²) in [4.78, 5) is 6.72. The van der Waals surface area contributed by atoms with Gasteiger partial charge in [0.1, 0.15) is 0 Å². The topological polar surface area (TPSA) is 73.8 Å². The van der Waals surface area contributed by atoms with Gasteiger partial charge in [0.2, 0.25) is 0 Å². The maximum absolute atomic E-state index is 11.5. The molecule has 0 amide bonds. The largest absolute Gasteiger partial charge is 0.357 e. The van der Waals surface area contributed by atoms with E-state index >= 15 is 0 Å². The van der Waals surface area contributed by atoms with Crippen molar-refractivity contribution >= 4 is 39.0 Å². The fraction of sp³-hybridized carbons (Fsp3) is 0.588. The smallest absolute Gasteiger partial charge is 0.191 e. The van der Waals surface area contributed by atoms with Crippen LogP contribution in [0.3, 0.4) is 0 Å². The Kier molecular flexibility index (Phi) is 8.01. The summed E-state index contributed by atoms with van der Waals surface area (Å²) in [6.45, 7) is 7.26. The molecule has 0 saturated carbocycles. The highest BCUT2D eigenvalue weighted by Gasteiger charge is 2.21. The zero-order valence-corrected chi connectivity index (χ0v) is 17.5. The number of hydrogen-bond donors (Lipinski definition) is 2. The number of benzene rings is 1. The minimum atomic E-state index is -2.84. The first-order valence-electron chi connectivity index (χ1n) is 8.73. The average Bonchev–Trinajstić information content (AvgIpc) is 2.56. The van der Waals surface area contributed by atoms with E-state index in [9.17, 15) is 8.42 Å². The molecule has 0 radical (unpaired) electrons. The van der Waals surface area contributed by atoms with Crippen molar-refractivity contribution in [1.82, 2.24) is 15.5 Å². The molecule has 1 aromatic carbocycles. The van der Waals surface area contributed by atoms with Crippen LogP contribution in [0.25, 0.3) is 0 Å². The van der Waals surface area contributed by atoms with E-state index in [1.807, 2.05) is 26.0 Å². The standard InChI is InChI=1S/C17H26Cl2N4O2S/c1-3-20-17(21-6-7-23-8-10-26(24,25)11-9-23)22-13(2)15-5-4-14(18)12-16(15)19/h4-5,12-13H,3,6-11H2,1-2H3,(H2,20,21,22). The van der Waals surface area contributed by atoms with Crippen LogP contribution >= 0.6 is 23.2 Å². The molecule has 9 heteroatoms. The molecular formula is C17H26Cl2N4O2S. The summed E-state index contributed by atoms with van der Waals surface area (Å²) in [6, 6.07) is 5.42. The molecule has 146 valence electrons. The summed E-state index contributed by atoms with van der Waals surface area (Å²) in [6.07, 6.45) is 0. The number of halogens is 2. The molecule has 1 unspecified atom stereocenters. The molecule has 1 aliphatic rings. The van der Waals surface area contributed by atoms with E-state index in [-0.39, 0.29) is 17.5 Å². The van der Waals surface area contributed by atoms with Gasteiger partial charge in [-0.05, 0) is 31.5 Å². The fourth-order valence-electron chi connectivity index (χ4n) is 2.73. The summed E-state index contributed by atoms with van der Waals surface area (Å²) >= 11 is 12.2. The SMILES string of the molecule is CCNC(=NCCN1CCS(=O)(=O)CC1)NC(C)c1ccc(Cl)cc1Cl. The summed E-state index contributed by atoms with van der Waals surface area (Å²) in [5.74, 6) is 1.18. The van der Waals surface area contributed by atoms with Gasteiger partial charge in [-0.1, -0.05) is 29.3 Å². The number of guanidine groups is 1. The Morgan fingerprint density at radius 3 is 2.62 bits per heavy atom. The maximum Gasteiger partial charge on any atom is 0.191 e. The van der Waals surface area contributed by atoms with Gasteiger partial charge in [0.15, 0.2) is 15.8 Å². The number of nitrogens with one attached hydrogen (secondary N) is 2. The third kappa shape index (κ3) is 6.61. The van der Waals surface area contributed by atoms with Crippen molar-refractivity contribution in [2.75, 3.05) is 44.2 Å². The van der Waals surface area contributed by atoms with E-state index in [1.54, 1.807) is 6.07 Å². The molecule has 0 aromatic heterocycles. The van der Waals surface area contributed by atoms with Gasteiger partial charge in [0.05, 0.1) is 24.1 Å². The number of aliphatic imine (C=N–C) groups is 1. The molecule has 1 heterocycles. The molecular weight excluding hydrogens is 395 g/mol. The predicted octanol–water partition coefficient (Wildman–Crippen LogP) is 2.34. The molecule has 26 heavy (non-hydrogen) atoms. The Hall–Kier alpha value is -1.02. The van der Waals surface area contributed by atoms with Gasteiger partial charge in [-0.15, -0.1) is 0 Å². The van der Waals surface area contributed by atoms with Crippen LogP contribution in [0.4, 0.5) is 0 Å². The zero-order valence-electron chi connectivity index (χ0n) is 15.1. The molecule has 1 aliphatic heterocycles. The lowest BCUT2D eigenvalue weighted by atomic mass is 10.1. The quantitative estimate of drug-likeness (QED) is 0.545. The minimum Gasteiger partial charge on any atom is -0.357 e. The van der Waals surface area contributed by atoms with Crippen molar-refractivity contribution in [3.63, 3.8) is 0 Å². The maximum atomic E-state index is 11.5. The normalized spacial score (nSPS) is 19.2. The van der Waals surface area contributed by atoms with E-state index < -0.39 is 9.84 Å². The molecule has 1 fully saturated rings. The number of nitrogens with zero attached hydrogens (tertiary/aromatic N) is 2. The Labute approximate surface area is 165 Å². The third-order valence-electron chi connectivity index (χ3n) is 4.25. The van der Waals surface area contributed by atoms with Crippen LogP contribution in [0.2, 0.25) is 10.0 Å². The van der Waals surface area contributed by atoms with Gasteiger partial charge in [-0.2, -0.15) is 0 Å². The van der Waals surface area contributed by atoms with Gasteiger partial charge in [0, 0.05) is 36.2 Å². The predicted molar refractivity (Wildman–Crippen MR) is 109 cm³/mol. The molecule has 2 rings (SSSR count). The van der Waals surface area contributed by atoms with E-state index in [1.165, 1.54) is 0 Å². The highest BCUT2D eigenvalue weighted by molar-refractivity contribution is 7.91. The second kappa shape index (κ2) is 9.78. The highest BCUT2D eigenvalue weighted by Crippen LogP contribution is 2.25. The summed E-state index contributed by atoms with van der Waals surface area (Å²) in [5, 5.41) is 7.78. The second-order valence-corrected chi connectivity index (χ2v) is 9.43. The van der Waals surface area contributed by atoms with Crippen LogP contribution in [0.1, 0.15) is 25.5 Å². The van der Waals surface area contributed by atoms with Crippen LogP contribution in [-0.2, 0) is 9.84 Å². The van der Waals surface area contributed by atoms with Crippen molar-refractivity contribution in [3.05, 3.63) is 33.8 Å². The van der Waals surface area contributed by atoms with Crippen molar-refractivity contribution in [2.24, 2.45) is 4.99 Å². The number of sulfone groups is 1. The molecule has 0 spiro atoms. The molecule has 1 aromatic rings. The van der Waals surface area contributed by atoms with E-state index in [0.717, 1.165) is 18.7 Å². The van der Waals surface area contributed by atoms with Gasteiger partial charge >= 0.3 is 0 Å². The Bertz CT molecular complexity index is 726. The molecule has 6 nitrogen and oxygen atoms in total. The Morgan fingerprint density at radius 1 is 1.31 bits per heavy atom. The molecule has 0 aliphatic carbocycles. The Morgan fingerprint density at radius 2 is 2.00 bits per heavy atom. The Balaban J connectivity index is 1.91. The number of hydrogen-bond acceptors (Lipinski definition) is 4. The summed E-state index contributed by atoms with van der Waals surface area (Å²) < 4.78 is 22.9. The average molecular weight is 421 g/mol. The van der Waals surface area contributed by atoms with Crippen molar-refractivity contribution in [1.29, 1.82) is 0 Å². The van der Waals surface area contributed by atoms with E-state index in [2.05, 4.69) is 20.5 Å². The van der Waals surface area contributed by atoms with E-state index in [0.29, 0.717) is 35.6 Å². The van der Waals surface area contributed by atoms with Crippen molar-refractivity contribution < 1.29 is 8.42 Å². The van der Waals surface area contributed by atoms with Gasteiger partial charge in [-0.3, -0.25) is 9.89 Å². The number of rotatable bonds is 6. The molecule has 0 bridgehead atoms. The molecule has 2 N–H and O–H groups in total. The monoisotopic (exact) mass is 420 g/mol. The van der Waals surface area contributed by atoms with Gasteiger partial charge in [-0.25, -0.2) is 8.42 Å². The third-order valence-corrected chi connectivity index (χ3v) is 6.42. The first kappa shape index (κ1) is 21.3. The fourth-order valence-corrected chi connectivity index (χ4v) is 4.58. The first-order chi connectivity index (χ1) is 12.3. The van der Waals surface area contributed by atoms with Gasteiger partial charge < -0.3 is 10.6 Å². The van der Waals surface area contributed by atoms with Gasteiger partial charge in [0.25, 0.3) is 0 Å². The molecule has 1 atom stereocenters. The van der Waals surface area contributed by atoms with Crippen LogP contribution in [0.5, 0.6) is 0 Å². The lowest BCUT2D eigenvalue weighted by molar-refractivity contribution is 0.304. The highest BCUT2D eigenvalue weighted by atomic mass is 35.5. The molecule has 1 saturated heterocycles. The second-order valence-electron chi connectivity index (χ2n) is 6.29.